The molecular formula is C11H14ClF3N2O. The van der Waals surface area contributed by atoms with E-state index in [4.69, 9.17) is 22.1 Å². The quantitative estimate of drug-likeness (QED) is 0.872. The van der Waals surface area contributed by atoms with Crippen molar-refractivity contribution in [2.75, 3.05) is 20.2 Å². The Hall–Kier alpha value is -0.980. The van der Waals surface area contributed by atoms with E-state index < -0.39 is 18.8 Å². The topological polar surface area (TPSA) is 47.3 Å². The van der Waals surface area contributed by atoms with Gasteiger partial charge in [0.15, 0.2) is 0 Å². The smallest absolute Gasteiger partial charge is 0.401 e. The molecule has 3 N–H and O–H groups in total. The summed E-state index contributed by atoms with van der Waals surface area (Å²) in [5, 5.41) is 2.65. The van der Waals surface area contributed by atoms with Crippen LogP contribution >= 0.6 is 11.6 Å². The third-order valence-electron chi connectivity index (χ3n) is 2.37. The highest BCUT2D eigenvalue weighted by Crippen LogP contribution is 2.32. The molecule has 1 atom stereocenters. The predicted octanol–water partition coefficient (Wildman–Crippen LogP) is 2.50. The highest BCUT2D eigenvalue weighted by atomic mass is 35.5. The largest absolute Gasteiger partial charge is 0.496 e. The zero-order valence-corrected chi connectivity index (χ0v) is 10.5. The fourth-order valence-electron chi connectivity index (χ4n) is 1.58. The van der Waals surface area contributed by atoms with Crippen molar-refractivity contribution in [3.8, 4) is 5.75 Å². The predicted molar refractivity (Wildman–Crippen MR) is 63.9 cm³/mol. The Balaban J connectivity index is 2.94. The van der Waals surface area contributed by atoms with Gasteiger partial charge in [-0.15, -0.1) is 0 Å². The molecule has 18 heavy (non-hydrogen) atoms. The van der Waals surface area contributed by atoms with E-state index in [1.54, 1.807) is 18.2 Å². The summed E-state index contributed by atoms with van der Waals surface area (Å²) in [6.07, 6.45) is -4.30. The second-order valence-corrected chi connectivity index (χ2v) is 4.05. The Bertz CT molecular complexity index is 398. The van der Waals surface area contributed by atoms with E-state index in [1.807, 2.05) is 0 Å². The summed E-state index contributed by atoms with van der Waals surface area (Å²) in [4.78, 5) is 0. The van der Waals surface area contributed by atoms with Gasteiger partial charge in [-0.05, 0) is 12.1 Å². The van der Waals surface area contributed by atoms with Crippen LogP contribution in [0.2, 0.25) is 5.02 Å². The molecule has 7 heteroatoms. The lowest BCUT2D eigenvalue weighted by Gasteiger charge is -2.21. The van der Waals surface area contributed by atoms with Gasteiger partial charge in [0, 0.05) is 23.2 Å². The maximum absolute atomic E-state index is 12.2. The summed E-state index contributed by atoms with van der Waals surface area (Å²) in [6, 6.07) is 4.15. The molecule has 0 aromatic heterocycles. The molecule has 0 saturated heterocycles. The number of ether oxygens (including phenoxy) is 1. The zero-order valence-electron chi connectivity index (χ0n) is 9.72. The molecule has 1 unspecified atom stereocenters. The fraction of sp³-hybridized carbons (Fsp3) is 0.455. The van der Waals surface area contributed by atoms with Gasteiger partial charge in [0.25, 0.3) is 0 Å². The minimum Gasteiger partial charge on any atom is -0.496 e. The molecule has 0 radical (unpaired) electrons. The summed E-state index contributed by atoms with van der Waals surface area (Å²) >= 11 is 5.97. The van der Waals surface area contributed by atoms with Crippen LogP contribution in [0.15, 0.2) is 18.2 Å². The molecule has 102 valence electrons. The molecule has 0 bridgehead atoms. The van der Waals surface area contributed by atoms with Crippen LogP contribution in [0.5, 0.6) is 5.75 Å². The number of hydrogen-bond donors (Lipinski definition) is 2. The SMILES string of the molecule is COc1cccc(Cl)c1C(CN)NCC(F)(F)F. The van der Waals surface area contributed by atoms with E-state index in [0.717, 1.165) is 0 Å². The molecule has 1 aromatic rings. The minimum atomic E-state index is -4.30. The number of halogens is 4. The lowest BCUT2D eigenvalue weighted by molar-refractivity contribution is -0.126. The Morgan fingerprint density at radius 3 is 2.61 bits per heavy atom. The number of methoxy groups -OCH3 is 1. The van der Waals surface area contributed by atoms with Gasteiger partial charge in [-0.25, -0.2) is 0 Å². The monoisotopic (exact) mass is 282 g/mol. The summed E-state index contributed by atoms with van der Waals surface area (Å²) in [5.41, 5.74) is 5.92. The number of benzene rings is 1. The lowest BCUT2D eigenvalue weighted by atomic mass is 10.1. The molecule has 0 amide bonds. The summed E-state index contributed by atoms with van der Waals surface area (Å²) in [7, 11) is 1.42. The van der Waals surface area contributed by atoms with Gasteiger partial charge >= 0.3 is 6.18 Å². The van der Waals surface area contributed by atoms with Crippen molar-refractivity contribution < 1.29 is 17.9 Å². The molecule has 0 spiro atoms. The van der Waals surface area contributed by atoms with E-state index in [2.05, 4.69) is 5.32 Å². The first kappa shape index (κ1) is 15.1. The van der Waals surface area contributed by atoms with Crippen molar-refractivity contribution in [1.29, 1.82) is 0 Å². The normalized spacial score (nSPS) is 13.4. The van der Waals surface area contributed by atoms with E-state index >= 15 is 0 Å². The second kappa shape index (κ2) is 6.26. The highest BCUT2D eigenvalue weighted by Gasteiger charge is 2.29. The Labute approximate surface area is 108 Å². The molecule has 0 aliphatic heterocycles. The van der Waals surface area contributed by atoms with Crippen LogP contribution in [0.4, 0.5) is 13.2 Å². The van der Waals surface area contributed by atoms with Crippen molar-refractivity contribution in [2.45, 2.75) is 12.2 Å². The molecule has 0 fully saturated rings. The van der Waals surface area contributed by atoms with Gasteiger partial charge in [-0.2, -0.15) is 13.2 Å². The molecular weight excluding hydrogens is 269 g/mol. The number of nitrogens with two attached hydrogens (primary N) is 1. The number of nitrogens with one attached hydrogen (secondary N) is 1. The Morgan fingerprint density at radius 1 is 1.44 bits per heavy atom. The average Bonchev–Trinajstić information content (AvgIpc) is 2.30. The third kappa shape index (κ3) is 4.04. The first-order chi connectivity index (χ1) is 8.39. The fourth-order valence-corrected chi connectivity index (χ4v) is 1.87. The summed E-state index contributed by atoms with van der Waals surface area (Å²) in [5.74, 6) is 0.410. The molecule has 3 nitrogen and oxygen atoms in total. The van der Waals surface area contributed by atoms with Gasteiger partial charge < -0.3 is 15.8 Å². The standard InChI is InChI=1S/C11H14ClF3N2O/c1-18-9-4-2-3-7(12)10(9)8(5-16)17-6-11(13,14)15/h2-4,8,17H,5-6,16H2,1H3. The number of rotatable bonds is 5. The van der Waals surface area contributed by atoms with Gasteiger partial charge in [-0.1, -0.05) is 17.7 Å². The second-order valence-electron chi connectivity index (χ2n) is 3.64. The van der Waals surface area contributed by atoms with Crippen molar-refractivity contribution in [3.05, 3.63) is 28.8 Å². The van der Waals surface area contributed by atoms with Gasteiger partial charge in [0.2, 0.25) is 0 Å². The van der Waals surface area contributed by atoms with Crippen LogP contribution in [-0.2, 0) is 0 Å². The Kier molecular flexibility index (Phi) is 5.25. The van der Waals surface area contributed by atoms with E-state index in [9.17, 15) is 13.2 Å². The van der Waals surface area contributed by atoms with Crippen LogP contribution in [0.25, 0.3) is 0 Å². The minimum absolute atomic E-state index is 0.0177. The number of hydrogen-bond acceptors (Lipinski definition) is 3. The summed E-state index contributed by atoms with van der Waals surface area (Å²) in [6.45, 7) is -1.15. The summed E-state index contributed by atoms with van der Waals surface area (Å²) < 4.78 is 41.6. The van der Waals surface area contributed by atoms with Crippen molar-refractivity contribution in [1.82, 2.24) is 5.32 Å². The molecule has 1 aromatic carbocycles. The molecule has 0 aliphatic rings. The van der Waals surface area contributed by atoms with Crippen molar-refractivity contribution >= 4 is 11.6 Å². The maximum atomic E-state index is 12.2. The molecule has 1 rings (SSSR count). The van der Waals surface area contributed by atoms with E-state index in [-0.39, 0.29) is 6.54 Å². The molecule has 0 aliphatic carbocycles. The first-order valence-corrected chi connectivity index (χ1v) is 5.59. The average molecular weight is 283 g/mol. The van der Waals surface area contributed by atoms with Gasteiger partial charge in [0.1, 0.15) is 5.75 Å². The van der Waals surface area contributed by atoms with Crippen molar-refractivity contribution in [2.24, 2.45) is 5.73 Å². The van der Waals surface area contributed by atoms with Crippen LogP contribution in [0.1, 0.15) is 11.6 Å². The van der Waals surface area contributed by atoms with Crippen molar-refractivity contribution in [3.63, 3.8) is 0 Å². The number of alkyl halides is 3. The van der Waals surface area contributed by atoms with Gasteiger partial charge in [-0.3, -0.25) is 0 Å². The molecule has 0 saturated carbocycles. The first-order valence-electron chi connectivity index (χ1n) is 5.21. The Morgan fingerprint density at radius 2 is 2.11 bits per heavy atom. The third-order valence-corrected chi connectivity index (χ3v) is 2.70. The van der Waals surface area contributed by atoms with Crippen LogP contribution in [0.3, 0.4) is 0 Å². The van der Waals surface area contributed by atoms with Crippen LogP contribution in [-0.4, -0.2) is 26.4 Å². The van der Waals surface area contributed by atoms with Gasteiger partial charge in [0.05, 0.1) is 13.7 Å². The maximum Gasteiger partial charge on any atom is 0.401 e. The highest BCUT2D eigenvalue weighted by molar-refractivity contribution is 6.31. The van der Waals surface area contributed by atoms with E-state index in [1.165, 1.54) is 7.11 Å². The van der Waals surface area contributed by atoms with E-state index in [0.29, 0.717) is 16.3 Å². The van der Waals surface area contributed by atoms with Crippen LogP contribution in [0, 0.1) is 0 Å². The van der Waals surface area contributed by atoms with Crippen LogP contribution < -0.4 is 15.8 Å². The lowest BCUT2D eigenvalue weighted by Crippen LogP contribution is -2.36. The zero-order chi connectivity index (χ0) is 13.8. The molecule has 0 heterocycles.